The Kier molecular flexibility index (Phi) is 6.91. The van der Waals surface area contributed by atoms with Crippen molar-refractivity contribution in [1.29, 1.82) is 0 Å². The number of amides is 2. The summed E-state index contributed by atoms with van der Waals surface area (Å²) in [6.45, 7) is 10.5. The average Bonchev–Trinajstić information content (AvgIpc) is 2.30. The number of nitrogens with two attached hydrogens (primary N) is 1. The van der Waals surface area contributed by atoms with Crippen molar-refractivity contribution in [3.8, 4) is 0 Å². The first kappa shape index (κ1) is 16.9. The van der Waals surface area contributed by atoms with Gasteiger partial charge in [0.2, 0.25) is 11.8 Å². The van der Waals surface area contributed by atoms with Crippen LogP contribution in [0.3, 0.4) is 0 Å². The summed E-state index contributed by atoms with van der Waals surface area (Å²) in [6, 6.07) is -0.530. The maximum absolute atomic E-state index is 12.0. The zero-order chi connectivity index (χ0) is 14.3. The predicted molar refractivity (Wildman–Crippen MR) is 73.0 cm³/mol. The second kappa shape index (κ2) is 7.36. The second-order valence-electron chi connectivity index (χ2n) is 4.87. The number of likely N-dealkylation sites (N-methyl/N-ethyl adjacent to an activating group) is 1. The number of carbonyl (C=O) groups is 2. The van der Waals surface area contributed by atoms with E-state index in [1.54, 1.807) is 18.7 Å². The molecule has 2 atom stereocenters. The first-order chi connectivity index (χ1) is 8.30. The van der Waals surface area contributed by atoms with E-state index in [1.165, 1.54) is 0 Å². The van der Waals surface area contributed by atoms with Crippen LogP contribution in [0, 0.1) is 0 Å². The number of nitrogens with zero attached hydrogens (tertiary/aromatic N) is 1. The normalized spacial score (nSPS) is 15.7. The van der Waals surface area contributed by atoms with E-state index in [2.05, 4.69) is 5.32 Å². The molecule has 0 aliphatic carbocycles. The summed E-state index contributed by atoms with van der Waals surface area (Å²) in [6.07, 6.45) is 1.43. The van der Waals surface area contributed by atoms with Gasteiger partial charge in [-0.2, -0.15) is 0 Å². The lowest BCUT2D eigenvalue weighted by Gasteiger charge is -2.28. The van der Waals surface area contributed by atoms with E-state index in [0.29, 0.717) is 19.5 Å². The average molecular weight is 257 g/mol. The van der Waals surface area contributed by atoms with E-state index in [9.17, 15) is 9.59 Å². The molecule has 0 spiro atoms. The topological polar surface area (TPSA) is 75.4 Å². The second-order valence-corrected chi connectivity index (χ2v) is 4.87. The number of nitrogens with one attached hydrogen (secondary N) is 1. The standard InChI is InChI=1S/C13H27N3O2/c1-6-9-13(5,14)12(18)15-10(4)11(17)16(7-2)8-3/h10H,6-9,14H2,1-5H3,(H,15,18). The van der Waals surface area contributed by atoms with E-state index in [1.807, 2.05) is 20.8 Å². The van der Waals surface area contributed by atoms with Crippen molar-refractivity contribution in [2.75, 3.05) is 13.1 Å². The predicted octanol–water partition coefficient (Wildman–Crippen LogP) is 0.877. The zero-order valence-electron chi connectivity index (χ0n) is 12.2. The van der Waals surface area contributed by atoms with Crippen molar-refractivity contribution in [2.24, 2.45) is 5.73 Å². The summed E-state index contributed by atoms with van der Waals surface area (Å²) in [7, 11) is 0. The Bertz CT molecular complexity index is 286. The molecule has 0 bridgehead atoms. The highest BCUT2D eigenvalue weighted by Gasteiger charge is 2.30. The molecule has 0 fully saturated rings. The van der Waals surface area contributed by atoms with Gasteiger partial charge >= 0.3 is 0 Å². The summed E-state index contributed by atoms with van der Waals surface area (Å²) in [5, 5.41) is 2.70. The summed E-state index contributed by atoms with van der Waals surface area (Å²) >= 11 is 0. The molecule has 2 amide bonds. The molecule has 5 heteroatoms. The van der Waals surface area contributed by atoms with Crippen LogP contribution >= 0.6 is 0 Å². The van der Waals surface area contributed by atoms with Crippen LogP contribution in [0.2, 0.25) is 0 Å². The first-order valence-electron chi connectivity index (χ1n) is 6.68. The highest BCUT2D eigenvalue weighted by Crippen LogP contribution is 2.09. The maximum atomic E-state index is 12.0. The van der Waals surface area contributed by atoms with Crippen molar-refractivity contribution >= 4 is 11.8 Å². The van der Waals surface area contributed by atoms with Crippen LogP contribution in [0.15, 0.2) is 0 Å². The quantitative estimate of drug-likeness (QED) is 0.711. The minimum Gasteiger partial charge on any atom is -0.343 e. The van der Waals surface area contributed by atoms with Crippen LogP contribution in [0.4, 0.5) is 0 Å². The lowest BCUT2D eigenvalue weighted by Crippen LogP contribution is -2.56. The van der Waals surface area contributed by atoms with Crippen molar-refractivity contribution in [3.63, 3.8) is 0 Å². The Morgan fingerprint density at radius 2 is 1.78 bits per heavy atom. The van der Waals surface area contributed by atoms with Crippen molar-refractivity contribution in [3.05, 3.63) is 0 Å². The minimum atomic E-state index is -0.910. The van der Waals surface area contributed by atoms with Gasteiger partial charge in [0.05, 0.1) is 5.54 Å². The van der Waals surface area contributed by atoms with Crippen LogP contribution in [0.25, 0.3) is 0 Å². The van der Waals surface area contributed by atoms with Gasteiger partial charge in [-0.25, -0.2) is 0 Å². The summed E-state index contributed by atoms with van der Waals surface area (Å²) in [5.41, 5.74) is 5.01. The molecule has 0 rings (SSSR count). The molecule has 0 heterocycles. The van der Waals surface area contributed by atoms with E-state index in [0.717, 1.165) is 6.42 Å². The number of rotatable bonds is 7. The summed E-state index contributed by atoms with van der Waals surface area (Å²) in [5.74, 6) is -0.335. The van der Waals surface area contributed by atoms with Crippen molar-refractivity contribution in [1.82, 2.24) is 10.2 Å². The molecule has 0 saturated heterocycles. The third-order valence-corrected chi connectivity index (χ3v) is 3.08. The van der Waals surface area contributed by atoms with Gasteiger partial charge in [-0.05, 0) is 34.1 Å². The summed E-state index contributed by atoms with van der Waals surface area (Å²) < 4.78 is 0. The SMILES string of the molecule is CCCC(C)(N)C(=O)NC(C)C(=O)N(CC)CC. The molecule has 0 aromatic carbocycles. The van der Waals surface area contributed by atoms with Gasteiger partial charge in [-0.3, -0.25) is 9.59 Å². The third kappa shape index (κ3) is 4.64. The van der Waals surface area contributed by atoms with Crippen LogP contribution < -0.4 is 11.1 Å². The Labute approximate surface area is 110 Å². The van der Waals surface area contributed by atoms with Gasteiger partial charge in [0.1, 0.15) is 6.04 Å². The van der Waals surface area contributed by atoms with Crippen molar-refractivity contribution < 1.29 is 9.59 Å². The van der Waals surface area contributed by atoms with Gasteiger partial charge in [0, 0.05) is 13.1 Å². The van der Waals surface area contributed by atoms with Gasteiger partial charge in [-0.15, -0.1) is 0 Å². The zero-order valence-corrected chi connectivity index (χ0v) is 12.2. The number of hydrogen-bond donors (Lipinski definition) is 2. The Balaban J connectivity index is 4.52. The van der Waals surface area contributed by atoms with E-state index >= 15 is 0 Å². The maximum Gasteiger partial charge on any atom is 0.244 e. The molecule has 0 saturated carbocycles. The highest BCUT2D eigenvalue weighted by atomic mass is 16.2. The molecule has 0 aromatic rings. The molecule has 0 radical (unpaired) electrons. The lowest BCUT2D eigenvalue weighted by molar-refractivity contribution is -0.137. The van der Waals surface area contributed by atoms with E-state index in [-0.39, 0.29) is 11.8 Å². The van der Waals surface area contributed by atoms with Gasteiger partial charge in [-0.1, -0.05) is 13.3 Å². The van der Waals surface area contributed by atoms with Gasteiger partial charge < -0.3 is 16.0 Å². The van der Waals surface area contributed by atoms with Crippen molar-refractivity contribution in [2.45, 2.75) is 59.0 Å². The largest absolute Gasteiger partial charge is 0.343 e. The minimum absolute atomic E-state index is 0.0688. The van der Waals surface area contributed by atoms with E-state index in [4.69, 9.17) is 5.73 Å². The van der Waals surface area contributed by atoms with Gasteiger partial charge in [0.15, 0.2) is 0 Å². The third-order valence-electron chi connectivity index (χ3n) is 3.08. The Hall–Kier alpha value is -1.10. The Morgan fingerprint density at radius 3 is 2.17 bits per heavy atom. The fourth-order valence-corrected chi connectivity index (χ4v) is 1.87. The molecule has 3 N–H and O–H groups in total. The number of hydrogen-bond acceptors (Lipinski definition) is 3. The fourth-order valence-electron chi connectivity index (χ4n) is 1.87. The van der Waals surface area contributed by atoms with Crippen LogP contribution in [0.1, 0.15) is 47.5 Å². The molecule has 18 heavy (non-hydrogen) atoms. The van der Waals surface area contributed by atoms with Gasteiger partial charge in [0.25, 0.3) is 0 Å². The highest BCUT2D eigenvalue weighted by molar-refractivity contribution is 5.91. The number of carbonyl (C=O) groups excluding carboxylic acids is 2. The molecule has 0 aromatic heterocycles. The molecular weight excluding hydrogens is 230 g/mol. The molecule has 5 nitrogen and oxygen atoms in total. The van der Waals surface area contributed by atoms with E-state index < -0.39 is 11.6 Å². The Morgan fingerprint density at radius 1 is 1.28 bits per heavy atom. The first-order valence-corrected chi connectivity index (χ1v) is 6.68. The van der Waals surface area contributed by atoms with Crippen LogP contribution in [-0.2, 0) is 9.59 Å². The molecule has 2 unspecified atom stereocenters. The molecule has 0 aliphatic rings. The van der Waals surface area contributed by atoms with Crippen LogP contribution in [0.5, 0.6) is 0 Å². The van der Waals surface area contributed by atoms with Crippen LogP contribution in [-0.4, -0.2) is 41.4 Å². The molecule has 0 aliphatic heterocycles. The lowest BCUT2D eigenvalue weighted by atomic mass is 9.96. The fraction of sp³-hybridized carbons (Fsp3) is 0.846. The molecule has 106 valence electrons. The molecular formula is C13H27N3O2. The monoisotopic (exact) mass is 257 g/mol. The summed E-state index contributed by atoms with van der Waals surface area (Å²) in [4.78, 5) is 25.7. The smallest absolute Gasteiger partial charge is 0.244 e.